The molecular weight excluding hydrogens is 132 g/mol. The Labute approximate surface area is 62.3 Å². The van der Waals surface area contributed by atoms with Crippen LogP contribution in [0.1, 0.15) is 0 Å². The first-order chi connectivity index (χ1) is 4.00. The molecule has 0 aliphatic heterocycles. The van der Waals surface area contributed by atoms with E-state index < -0.39 is 0 Å². The van der Waals surface area contributed by atoms with Gasteiger partial charge in [0, 0.05) is 0 Å². The van der Waals surface area contributed by atoms with Crippen LogP contribution in [-0.4, -0.2) is 0 Å². The average molecular weight is 144 g/mol. The summed E-state index contributed by atoms with van der Waals surface area (Å²) in [5.41, 5.74) is 0. The van der Waals surface area contributed by atoms with Gasteiger partial charge in [0.2, 0.25) is 0 Å². The van der Waals surface area contributed by atoms with Gasteiger partial charge in [-0.3, -0.25) is 11.7 Å². The molecule has 1 aromatic carbocycles. The lowest BCUT2D eigenvalue weighted by Gasteiger charge is -1.69. The Morgan fingerprint density at radius 3 is 0.778 bits per heavy atom. The van der Waals surface area contributed by atoms with Crippen LogP contribution in [0.3, 0.4) is 0 Å². The third-order valence-corrected chi connectivity index (χ3v) is 0.667. The van der Waals surface area contributed by atoms with Crippen LogP contribution in [0.4, 0.5) is 0 Å². The van der Waals surface area contributed by atoms with Gasteiger partial charge < -0.3 is 0 Å². The summed E-state index contributed by atoms with van der Waals surface area (Å²) in [5, 5.41) is 0. The van der Waals surface area contributed by atoms with Gasteiger partial charge in [-0.25, -0.2) is 0 Å². The first kappa shape index (κ1) is 11.3. The van der Waals surface area contributed by atoms with Gasteiger partial charge >= 0.3 is 0 Å². The Morgan fingerprint density at radius 1 is 0.556 bits per heavy atom. The molecule has 3 heteroatoms. The highest BCUT2D eigenvalue weighted by Crippen LogP contribution is 1.79. The monoisotopic (exact) mass is 144 g/mol. The van der Waals surface area contributed by atoms with Crippen molar-refractivity contribution in [2.75, 3.05) is 0 Å². The summed E-state index contributed by atoms with van der Waals surface area (Å²) in [4.78, 5) is 0. The van der Waals surface area contributed by atoms with Crippen molar-refractivity contribution in [3.8, 4) is 0 Å². The minimum absolute atomic E-state index is 0. The van der Waals surface area contributed by atoms with Crippen molar-refractivity contribution in [1.82, 2.24) is 0 Å². The van der Waals surface area contributed by atoms with E-state index in [1.807, 2.05) is 36.4 Å². The van der Waals surface area contributed by atoms with Crippen LogP contribution < -0.4 is 11.7 Å². The molecule has 0 aliphatic carbocycles. The molecule has 0 bridgehead atoms. The van der Waals surface area contributed by atoms with Crippen LogP contribution in [-0.2, 0) is 0 Å². The van der Waals surface area contributed by atoms with Crippen LogP contribution in [0, 0.1) is 0 Å². The molecule has 2 nitrogen and oxygen atoms in total. The van der Waals surface area contributed by atoms with Crippen molar-refractivity contribution < 1.29 is 0 Å². The van der Waals surface area contributed by atoms with Gasteiger partial charge in [-0.1, -0.05) is 36.4 Å². The first-order valence-corrected chi connectivity index (χ1v) is 2.33. The van der Waals surface area contributed by atoms with Gasteiger partial charge in [0.15, 0.2) is 0 Å². The molecule has 0 aromatic heterocycles. The quantitative estimate of drug-likeness (QED) is 0.414. The fourth-order valence-electron chi connectivity index (χ4n) is 0.385. The van der Waals surface area contributed by atoms with Crippen LogP contribution in [0.25, 0.3) is 0 Å². The highest BCUT2D eigenvalue weighted by atomic mass is 32.1. The van der Waals surface area contributed by atoms with Crippen molar-refractivity contribution in [1.29, 1.82) is 0 Å². The zero-order valence-corrected chi connectivity index (χ0v) is 6.12. The van der Waals surface area contributed by atoms with Crippen LogP contribution in [0.15, 0.2) is 36.4 Å². The number of hydrazine groups is 1. The predicted octanol–water partition coefficient (Wildman–Crippen LogP) is 0.618. The third-order valence-electron chi connectivity index (χ3n) is 0.667. The van der Waals surface area contributed by atoms with E-state index in [2.05, 4.69) is 11.7 Å². The molecule has 52 valence electrons. The number of benzene rings is 1. The second-order valence-corrected chi connectivity index (χ2v) is 1.15. The largest absolute Gasteiger partial charge is 0.274 e. The highest BCUT2D eigenvalue weighted by Gasteiger charge is 1.57. The number of hydrogen-bond acceptors (Lipinski definition) is 2. The fourth-order valence-corrected chi connectivity index (χ4v) is 0.385. The molecule has 9 heavy (non-hydrogen) atoms. The van der Waals surface area contributed by atoms with Gasteiger partial charge in [0.1, 0.15) is 0 Å². The maximum absolute atomic E-state index is 4.00. The van der Waals surface area contributed by atoms with E-state index in [9.17, 15) is 0 Å². The first-order valence-electron chi connectivity index (χ1n) is 2.33. The maximum atomic E-state index is 4.00. The number of hydrogen-bond donors (Lipinski definition) is 2. The van der Waals surface area contributed by atoms with Crippen LogP contribution in [0.2, 0.25) is 0 Å². The minimum atomic E-state index is 0. The molecule has 0 amide bonds. The standard InChI is InChI=1S/C6H6.H4N2.H2S/c1-2-4-6-5-3-1;1-2;/h1-6H;1-2H2;1H2. The Morgan fingerprint density at radius 2 is 0.667 bits per heavy atom. The minimum Gasteiger partial charge on any atom is -0.274 e. The van der Waals surface area contributed by atoms with E-state index in [0.29, 0.717) is 0 Å². The van der Waals surface area contributed by atoms with Crippen molar-refractivity contribution in [2.24, 2.45) is 11.7 Å². The SMILES string of the molecule is NN.S.c1ccccc1. The van der Waals surface area contributed by atoms with Crippen LogP contribution >= 0.6 is 13.5 Å². The fraction of sp³-hybridized carbons (Fsp3) is 0. The van der Waals surface area contributed by atoms with Crippen molar-refractivity contribution >= 4 is 13.5 Å². The molecule has 0 fully saturated rings. The molecule has 0 saturated heterocycles. The molecule has 4 N–H and O–H groups in total. The van der Waals surface area contributed by atoms with E-state index in [1.165, 1.54) is 0 Å². The molecule has 0 spiro atoms. The number of nitrogens with two attached hydrogens (primary N) is 2. The van der Waals surface area contributed by atoms with E-state index in [-0.39, 0.29) is 13.5 Å². The van der Waals surface area contributed by atoms with Crippen molar-refractivity contribution in [3.05, 3.63) is 36.4 Å². The van der Waals surface area contributed by atoms with E-state index in [1.54, 1.807) is 0 Å². The molecule has 0 unspecified atom stereocenters. The van der Waals surface area contributed by atoms with Gasteiger partial charge in [-0.05, 0) is 0 Å². The Kier molecular flexibility index (Phi) is 13.2. The Hall–Kier alpha value is -0.510. The molecule has 1 aromatic rings. The summed E-state index contributed by atoms with van der Waals surface area (Å²) in [5.74, 6) is 8.00. The summed E-state index contributed by atoms with van der Waals surface area (Å²) in [6.07, 6.45) is 0. The average Bonchev–Trinajstić information content (AvgIpc) is 1.96. The Bertz CT molecular complexity index is 83.0. The molecule has 0 heterocycles. The van der Waals surface area contributed by atoms with E-state index in [4.69, 9.17) is 0 Å². The highest BCUT2D eigenvalue weighted by molar-refractivity contribution is 7.59. The summed E-state index contributed by atoms with van der Waals surface area (Å²) < 4.78 is 0. The van der Waals surface area contributed by atoms with E-state index in [0.717, 1.165) is 0 Å². The molecule has 0 radical (unpaired) electrons. The molecule has 0 atom stereocenters. The van der Waals surface area contributed by atoms with E-state index >= 15 is 0 Å². The van der Waals surface area contributed by atoms with Gasteiger partial charge in [-0.15, -0.1) is 0 Å². The molecular formula is C6H12N2S. The Balaban J connectivity index is 0. The molecule has 0 aliphatic rings. The summed E-state index contributed by atoms with van der Waals surface area (Å²) in [7, 11) is 0. The predicted molar refractivity (Wildman–Crippen MR) is 45.2 cm³/mol. The van der Waals surface area contributed by atoms with Gasteiger partial charge in [0.25, 0.3) is 0 Å². The lowest BCUT2D eigenvalue weighted by atomic mass is 10.4. The smallest absolute Gasteiger partial charge is 0.0623 e. The van der Waals surface area contributed by atoms with Gasteiger partial charge in [0.05, 0.1) is 0 Å². The summed E-state index contributed by atoms with van der Waals surface area (Å²) >= 11 is 0. The molecule has 1 rings (SSSR count). The zero-order valence-electron chi connectivity index (χ0n) is 5.12. The van der Waals surface area contributed by atoms with Crippen molar-refractivity contribution in [3.63, 3.8) is 0 Å². The maximum Gasteiger partial charge on any atom is -0.0623 e. The number of rotatable bonds is 0. The zero-order chi connectivity index (χ0) is 6.24. The third kappa shape index (κ3) is 7.49. The second kappa shape index (κ2) is 10.5. The normalized spacial score (nSPS) is 6.00. The van der Waals surface area contributed by atoms with Crippen LogP contribution in [0.5, 0.6) is 0 Å². The topological polar surface area (TPSA) is 52.0 Å². The summed E-state index contributed by atoms with van der Waals surface area (Å²) in [6, 6.07) is 12.0. The molecule has 0 saturated carbocycles. The lowest BCUT2D eigenvalue weighted by molar-refractivity contribution is 1.26. The summed E-state index contributed by atoms with van der Waals surface area (Å²) in [6.45, 7) is 0. The van der Waals surface area contributed by atoms with Gasteiger partial charge in [-0.2, -0.15) is 13.5 Å². The lowest BCUT2D eigenvalue weighted by Crippen LogP contribution is -2.02. The second-order valence-electron chi connectivity index (χ2n) is 1.15. The van der Waals surface area contributed by atoms with Crippen molar-refractivity contribution in [2.45, 2.75) is 0 Å².